The zero-order valence-corrected chi connectivity index (χ0v) is 13.6. The molecule has 0 aliphatic carbocycles. The third-order valence-electron chi connectivity index (χ3n) is 3.00. The van der Waals surface area contributed by atoms with Gasteiger partial charge in [0.05, 0.1) is 17.0 Å². The van der Waals surface area contributed by atoms with Crippen molar-refractivity contribution in [2.24, 2.45) is 0 Å². The smallest absolute Gasteiger partial charge is 0.225 e. The van der Waals surface area contributed by atoms with Gasteiger partial charge in [0.25, 0.3) is 0 Å². The highest BCUT2D eigenvalue weighted by Crippen LogP contribution is 2.22. The third-order valence-corrected chi connectivity index (χ3v) is 3.24. The molecule has 0 unspecified atom stereocenters. The van der Waals surface area contributed by atoms with Crippen LogP contribution in [0.2, 0.25) is 5.02 Å². The fourth-order valence-corrected chi connectivity index (χ4v) is 2.20. The number of halogens is 1. The van der Waals surface area contributed by atoms with Gasteiger partial charge in [0.2, 0.25) is 5.91 Å². The van der Waals surface area contributed by atoms with Gasteiger partial charge < -0.3 is 21.1 Å². The monoisotopic (exact) mass is 313 g/mol. The minimum absolute atomic E-state index is 0.113. The number of benzene rings is 1. The van der Waals surface area contributed by atoms with Crippen LogP contribution in [0.5, 0.6) is 0 Å². The molecule has 0 bridgehead atoms. The summed E-state index contributed by atoms with van der Waals surface area (Å²) >= 11 is 5.81. The van der Waals surface area contributed by atoms with Gasteiger partial charge >= 0.3 is 0 Å². The maximum Gasteiger partial charge on any atom is 0.225 e. The number of nitrogens with one attached hydrogen (secondary N) is 1. The zero-order valence-electron chi connectivity index (χ0n) is 12.8. The first-order valence-electron chi connectivity index (χ1n) is 7.01. The maximum atomic E-state index is 11.9. The number of aliphatic hydroxyl groups is 1. The van der Waals surface area contributed by atoms with Gasteiger partial charge in [-0.25, -0.2) is 0 Å². The summed E-state index contributed by atoms with van der Waals surface area (Å²) in [7, 11) is 0. The summed E-state index contributed by atoms with van der Waals surface area (Å²) in [6.07, 6.45) is 0.339. The number of nitrogens with two attached hydrogens (primary N) is 1. The van der Waals surface area contributed by atoms with Crippen molar-refractivity contribution in [2.75, 3.05) is 30.7 Å². The van der Waals surface area contributed by atoms with Crippen molar-refractivity contribution >= 4 is 28.9 Å². The van der Waals surface area contributed by atoms with Crippen molar-refractivity contribution in [3.8, 4) is 0 Å². The molecule has 0 radical (unpaired) electrons. The van der Waals surface area contributed by atoms with E-state index in [2.05, 4.69) is 5.32 Å². The molecule has 1 amide bonds. The quantitative estimate of drug-likeness (QED) is 0.675. The Morgan fingerprint density at radius 2 is 2.14 bits per heavy atom. The number of amides is 1. The molecule has 0 spiro atoms. The first-order valence-corrected chi connectivity index (χ1v) is 7.38. The van der Waals surface area contributed by atoms with Gasteiger partial charge in [0, 0.05) is 24.5 Å². The topological polar surface area (TPSA) is 78.6 Å². The average molecular weight is 314 g/mol. The molecule has 0 fully saturated rings. The second kappa shape index (κ2) is 7.64. The van der Waals surface area contributed by atoms with Crippen LogP contribution in [0.4, 0.5) is 11.4 Å². The Hall–Kier alpha value is -1.30. The van der Waals surface area contributed by atoms with Gasteiger partial charge in [-0.15, -0.1) is 0 Å². The summed E-state index contributed by atoms with van der Waals surface area (Å²) in [4.78, 5) is 14.0. The molecule has 1 aromatic carbocycles. The SMILES string of the molecule is CCN(CCC(=O)Nc1ccc(Cl)cc1N)CC(C)(C)O. The van der Waals surface area contributed by atoms with Crippen molar-refractivity contribution in [3.05, 3.63) is 23.2 Å². The van der Waals surface area contributed by atoms with Crippen molar-refractivity contribution in [1.29, 1.82) is 0 Å². The Labute approximate surface area is 131 Å². The lowest BCUT2D eigenvalue weighted by molar-refractivity contribution is -0.116. The predicted molar refractivity (Wildman–Crippen MR) is 87.5 cm³/mol. The maximum absolute atomic E-state index is 11.9. The van der Waals surface area contributed by atoms with E-state index < -0.39 is 5.60 Å². The Bertz CT molecular complexity index is 486. The molecule has 1 rings (SSSR count). The van der Waals surface area contributed by atoms with Gasteiger partial charge in [-0.1, -0.05) is 18.5 Å². The minimum atomic E-state index is -0.771. The Kier molecular flexibility index (Phi) is 6.45. The molecule has 0 aliphatic heterocycles. The third kappa shape index (κ3) is 6.80. The molecule has 21 heavy (non-hydrogen) atoms. The summed E-state index contributed by atoms with van der Waals surface area (Å²) in [5, 5.41) is 13.1. The number of rotatable bonds is 7. The lowest BCUT2D eigenvalue weighted by Crippen LogP contribution is -2.39. The lowest BCUT2D eigenvalue weighted by atomic mass is 10.1. The van der Waals surface area contributed by atoms with E-state index in [4.69, 9.17) is 17.3 Å². The van der Waals surface area contributed by atoms with Gasteiger partial charge in [-0.2, -0.15) is 0 Å². The van der Waals surface area contributed by atoms with Crippen LogP contribution in [-0.2, 0) is 4.79 Å². The molecule has 118 valence electrons. The standard InChI is InChI=1S/C15H24ClN3O2/c1-4-19(10-15(2,3)21)8-7-14(20)18-13-6-5-11(16)9-12(13)17/h5-6,9,21H,4,7-8,10,17H2,1-3H3,(H,18,20). The first-order chi connectivity index (χ1) is 9.71. The summed E-state index contributed by atoms with van der Waals surface area (Å²) in [5.41, 5.74) is 6.03. The van der Waals surface area contributed by atoms with E-state index in [0.29, 0.717) is 35.9 Å². The summed E-state index contributed by atoms with van der Waals surface area (Å²) < 4.78 is 0. The van der Waals surface area contributed by atoms with Crippen LogP contribution in [-0.4, -0.2) is 41.1 Å². The second-order valence-corrected chi connectivity index (χ2v) is 6.15. The highest BCUT2D eigenvalue weighted by molar-refractivity contribution is 6.31. The van der Waals surface area contributed by atoms with Crippen LogP contribution in [0, 0.1) is 0 Å². The first kappa shape index (κ1) is 17.8. The van der Waals surface area contributed by atoms with Crippen LogP contribution in [0.1, 0.15) is 27.2 Å². The molecule has 0 aliphatic rings. The van der Waals surface area contributed by atoms with E-state index in [1.54, 1.807) is 32.0 Å². The number of nitrogen functional groups attached to an aromatic ring is 1. The van der Waals surface area contributed by atoms with Crippen molar-refractivity contribution < 1.29 is 9.90 Å². The summed E-state index contributed by atoms with van der Waals surface area (Å²) in [5.74, 6) is -0.113. The molecular weight excluding hydrogens is 290 g/mol. The molecule has 6 heteroatoms. The van der Waals surface area contributed by atoms with Crippen molar-refractivity contribution in [3.63, 3.8) is 0 Å². The normalized spacial score (nSPS) is 11.7. The average Bonchev–Trinajstić information content (AvgIpc) is 2.36. The van der Waals surface area contributed by atoms with E-state index >= 15 is 0 Å². The minimum Gasteiger partial charge on any atom is -0.397 e. The molecule has 4 N–H and O–H groups in total. The zero-order chi connectivity index (χ0) is 16.0. The fourth-order valence-electron chi connectivity index (χ4n) is 2.02. The predicted octanol–water partition coefficient (Wildman–Crippen LogP) is 2.34. The molecule has 0 saturated carbocycles. The highest BCUT2D eigenvalue weighted by atomic mass is 35.5. The Balaban J connectivity index is 2.50. The molecule has 0 aromatic heterocycles. The van der Waals surface area contributed by atoms with E-state index in [1.807, 2.05) is 11.8 Å². The van der Waals surface area contributed by atoms with E-state index in [1.165, 1.54) is 0 Å². The molecule has 1 aromatic rings. The van der Waals surface area contributed by atoms with E-state index in [9.17, 15) is 9.90 Å². The van der Waals surface area contributed by atoms with Crippen LogP contribution >= 0.6 is 11.6 Å². The molecule has 5 nitrogen and oxygen atoms in total. The Morgan fingerprint density at radius 1 is 1.48 bits per heavy atom. The fraction of sp³-hybridized carbons (Fsp3) is 0.533. The Morgan fingerprint density at radius 3 is 2.67 bits per heavy atom. The van der Waals surface area contributed by atoms with Gasteiger partial charge in [-0.3, -0.25) is 4.79 Å². The van der Waals surface area contributed by atoms with Gasteiger partial charge in [0.15, 0.2) is 0 Å². The van der Waals surface area contributed by atoms with Crippen molar-refractivity contribution in [1.82, 2.24) is 4.90 Å². The number of carbonyl (C=O) groups is 1. The number of anilines is 2. The highest BCUT2D eigenvalue weighted by Gasteiger charge is 2.17. The number of hydrogen-bond acceptors (Lipinski definition) is 4. The van der Waals surface area contributed by atoms with Crippen LogP contribution < -0.4 is 11.1 Å². The largest absolute Gasteiger partial charge is 0.397 e. The van der Waals surface area contributed by atoms with Gasteiger partial charge in [0.1, 0.15) is 0 Å². The summed E-state index contributed by atoms with van der Waals surface area (Å²) in [6, 6.07) is 4.97. The van der Waals surface area contributed by atoms with Crippen LogP contribution in [0.3, 0.4) is 0 Å². The van der Waals surface area contributed by atoms with Gasteiger partial charge in [-0.05, 0) is 38.6 Å². The number of likely N-dealkylation sites (N-methyl/N-ethyl adjacent to an activating group) is 1. The molecular formula is C15H24ClN3O2. The van der Waals surface area contributed by atoms with Crippen LogP contribution in [0.25, 0.3) is 0 Å². The lowest BCUT2D eigenvalue weighted by Gasteiger charge is -2.27. The van der Waals surface area contributed by atoms with E-state index in [0.717, 1.165) is 6.54 Å². The van der Waals surface area contributed by atoms with E-state index in [-0.39, 0.29) is 5.91 Å². The van der Waals surface area contributed by atoms with Crippen molar-refractivity contribution in [2.45, 2.75) is 32.8 Å². The second-order valence-electron chi connectivity index (χ2n) is 5.71. The summed E-state index contributed by atoms with van der Waals surface area (Å²) in [6.45, 7) is 7.40. The molecule has 0 heterocycles. The molecule has 0 atom stereocenters. The number of hydrogen-bond donors (Lipinski definition) is 3. The van der Waals surface area contributed by atoms with Crippen LogP contribution in [0.15, 0.2) is 18.2 Å². The number of carbonyl (C=O) groups excluding carboxylic acids is 1. The number of nitrogens with zero attached hydrogens (tertiary/aromatic N) is 1. The molecule has 0 saturated heterocycles.